The molecule has 0 aromatic heterocycles. The van der Waals surface area contributed by atoms with Gasteiger partial charge in [0.05, 0.1) is 0 Å². The minimum absolute atomic E-state index is 0.0655. The Labute approximate surface area is 160 Å². The average molecular weight is 373 g/mol. The lowest BCUT2D eigenvalue weighted by atomic mass is 9.97. The van der Waals surface area contributed by atoms with Crippen molar-refractivity contribution in [2.45, 2.75) is 134 Å². The van der Waals surface area contributed by atoms with Gasteiger partial charge in [-0.05, 0) is 43.3 Å². The standard InChI is InChI=1S/C22H44O2S/c1-2-3-4-5-6-7-8-9-10-11-12-13-14-17-20-25(24)22-19-16-15-18-21(22)23/h21-23H,2-20H2,1H3/t21?,22?,25-/m0/s1. The van der Waals surface area contributed by atoms with E-state index in [0.717, 1.165) is 37.9 Å². The van der Waals surface area contributed by atoms with Crippen LogP contribution in [-0.2, 0) is 11.2 Å². The van der Waals surface area contributed by atoms with Crippen molar-refractivity contribution in [3.63, 3.8) is 0 Å². The molecule has 1 fully saturated rings. The monoisotopic (exact) mass is 372 g/mol. The fourth-order valence-corrected chi connectivity index (χ4v) is 5.68. The highest BCUT2D eigenvalue weighted by molar-refractivity contribution is 7.92. The van der Waals surface area contributed by atoms with Gasteiger partial charge in [-0.3, -0.25) is 0 Å². The van der Waals surface area contributed by atoms with Gasteiger partial charge in [0.25, 0.3) is 0 Å². The van der Waals surface area contributed by atoms with Crippen LogP contribution in [0.1, 0.15) is 122 Å². The Morgan fingerprint density at radius 1 is 0.720 bits per heavy atom. The molecule has 0 heterocycles. The molecule has 0 amide bonds. The highest BCUT2D eigenvalue weighted by atomic mass is 32.2. The molecule has 1 aliphatic carbocycles. The van der Waals surface area contributed by atoms with Crippen LogP contribution in [0.5, 0.6) is 0 Å². The highest BCUT2D eigenvalue weighted by Crippen LogP contribution is 2.25. The topological polar surface area (TPSA) is 43.3 Å². The zero-order chi connectivity index (χ0) is 18.2. The molecule has 1 aliphatic rings. The van der Waals surface area contributed by atoms with Crippen molar-refractivity contribution in [1.29, 1.82) is 0 Å². The Bertz CT molecular complexity index is 285. The minimum Gasteiger partial charge on any atom is -0.616 e. The summed E-state index contributed by atoms with van der Waals surface area (Å²) in [5.41, 5.74) is 0. The summed E-state index contributed by atoms with van der Waals surface area (Å²) in [6.45, 7) is 2.28. The molecule has 2 unspecified atom stereocenters. The third-order valence-electron chi connectivity index (χ3n) is 5.70. The molecule has 1 rings (SSSR count). The number of aliphatic hydroxyl groups excluding tert-OH is 1. The van der Waals surface area contributed by atoms with Gasteiger partial charge < -0.3 is 9.66 Å². The number of unbranched alkanes of at least 4 members (excludes halogenated alkanes) is 13. The zero-order valence-electron chi connectivity index (χ0n) is 16.9. The van der Waals surface area contributed by atoms with E-state index in [1.807, 2.05) is 0 Å². The number of aliphatic hydroxyl groups is 1. The molecule has 0 saturated heterocycles. The predicted octanol–water partition coefficient (Wildman–Crippen LogP) is 6.52. The molecule has 2 nitrogen and oxygen atoms in total. The van der Waals surface area contributed by atoms with Gasteiger partial charge in [0, 0.05) is 0 Å². The first-order chi connectivity index (χ1) is 12.3. The molecule has 150 valence electrons. The molecule has 3 heteroatoms. The first kappa shape index (κ1) is 23.3. The van der Waals surface area contributed by atoms with Gasteiger partial charge in [-0.15, -0.1) is 0 Å². The SMILES string of the molecule is CCCCCCCCCCCCCCCC[S@+]([O-])C1CCCCC1O. The van der Waals surface area contributed by atoms with Gasteiger partial charge in [-0.1, -0.05) is 90.4 Å². The van der Waals surface area contributed by atoms with Crippen molar-refractivity contribution in [3.05, 3.63) is 0 Å². The lowest BCUT2D eigenvalue weighted by Gasteiger charge is -2.29. The van der Waals surface area contributed by atoms with Crippen LogP contribution in [0.2, 0.25) is 0 Å². The van der Waals surface area contributed by atoms with Crippen LogP contribution in [0.25, 0.3) is 0 Å². The van der Waals surface area contributed by atoms with Crippen molar-refractivity contribution >= 4 is 11.2 Å². The number of hydrogen-bond donors (Lipinski definition) is 1. The van der Waals surface area contributed by atoms with Gasteiger partial charge in [0.1, 0.15) is 17.1 Å². The van der Waals surface area contributed by atoms with E-state index in [1.165, 1.54) is 83.5 Å². The molecule has 0 radical (unpaired) electrons. The van der Waals surface area contributed by atoms with Crippen LogP contribution in [-0.4, -0.2) is 26.8 Å². The molecule has 0 aromatic carbocycles. The zero-order valence-corrected chi connectivity index (χ0v) is 17.7. The molecule has 3 atom stereocenters. The van der Waals surface area contributed by atoms with Crippen LogP contribution in [0, 0.1) is 0 Å². The Hall–Kier alpha value is 0.270. The van der Waals surface area contributed by atoms with E-state index in [2.05, 4.69) is 6.92 Å². The van der Waals surface area contributed by atoms with E-state index in [-0.39, 0.29) is 11.4 Å². The Morgan fingerprint density at radius 2 is 1.16 bits per heavy atom. The summed E-state index contributed by atoms with van der Waals surface area (Å²) >= 11 is -0.803. The quantitative estimate of drug-likeness (QED) is 0.247. The lowest BCUT2D eigenvalue weighted by Crippen LogP contribution is -2.38. The van der Waals surface area contributed by atoms with Crippen molar-refractivity contribution in [2.75, 3.05) is 5.75 Å². The van der Waals surface area contributed by atoms with E-state index in [0.29, 0.717) is 0 Å². The smallest absolute Gasteiger partial charge is 0.141 e. The molecule has 1 N–H and O–H groups in total. The Balaban J connectivity index is 1.80. The van der Waals surface area contributed by atoms with E-state index in [9.17, 15) is 9.66 Å². The molecule has 0 aromatic rings. The lowest BCUT2D eigenvalue weighted by molar-refractivity contribution is 0.133. The second-order valence-corrected chi connectivity index (χ2v) is 9.85. The van der Waals surface area contributed by atoms with Crippen molar-refractivity contribution < 1.29 is 9.66 Å². The average Bonchev–Trinajstić information content (AvgIpc) is 2.62. The molecule has 25 heavy (non-hydrogen) atoms. The fraction of sp³-hybridized carbons (Fsp3) is 1.00. The van der Waals surface area contributed by atoms with Gasteiger partial charge in [0.2, 0.25) is 0 Å². The Kier molecular flexibility index (Phi) is 15.3. The normalized spacial score (nSPS) is 22.2. The maximum Gasteiger partial charge on any atom is 0.141 e. The van der Waals surface area contributed by atoms with E-state index < -0.39 is 11.2 Å². The summed E-state index contributed by atoms with van der Waals surface area (Å²) in [6.07, 6.45) is 22.8. The molecular weight excluding hydrogens is 328 g/mol. The second kappa shape index (κ2) is 16.4. The molecule has 0 bridgehead atoms. The first-order valence-electron chi connectivity index (χ1n) is 11.3. The third kappa shape index (κ3) is 12.3. The third-order valence-corrected chi connectivity index (χ3v) is 7.62. The van der Waals surface area contributed by atoms with Gasteiger partial charge in [0.15, 0.2) is 0 Å². The van der Waals surface area contributed by atoms with E-state index in [1.54, 1.807) is 0 Å². The van der Waals surface area contributed by atoms with Crippen LogP contribution in [0.15, 0.2) is 0 Å². The van der Waals surface area contributed by atoms with Crippen molar-refractivity contribution in [3.8, 4) is 0 Å². The molecule has 1 saturated carbocycles. The summed E-state index contributed by atoms with van der Waals surface area (Å²) in [7, 11) is 0. The predicted molar refractivity (Wildman–Crippen MR) is 112 cm³/mol. The highest BCUT2D eigenvalue weighted by Gasteiger charge is 2.32. The van der Waals surface area contributed by atoms with Crippen LogP contribution in [0.4, 0.5) is 0 Å². The van der Waals surface area contributed by atoms with Gasteiger partial charge >= 0.3 is 0 Å². The largest absolute Gasteiger partial charge is 0.616 e. The first-order valence-corrected chi connectivity index (χ1v) is 12.7. The van der Waals surface area contributed by atoms with E-state index >= 15 is 0 Å². The summed E-state index contributed by atoms with van der Waals surface area (Å²) in [4.78, 5) is 0. The molecule has 0 spiro atoms. The van der Waals surface area contributed by atoms with Crippen molar-refractivity contribution in [2.24, 2.45) is 0 Å². The van der Waals surface area contributed by atoms with E-state index in [4.69, 9.17) is 0 Å². The second-order valence-electron chi connectivity index (χ2n) is 8.07. The van der Waals surface area contributed by atoms with Gasteiger partial charge in [-0.25, -0.2) is 0 Å². The summed E-state index contributed by atoms with van der Waals surface area (Å²) in [6, 6.07) is 0. The Morgan fingerprint density at radius 3 is 1.64 bits per heavy atom. The summed E-state index contributed by atoms with van der Waals surface area (Å²) < 4.78 is 12.3. The van der Waals surface area contributed by atoms with Crippen LogP contribution >= 0.6 is 0 Å². The number of hydrogen-bond acceptors (Lipinski definition) is 2. The summed E-state index contributed by atoms with van der Waals surface area (Å²) in [5, 5.41) is 10.0. The molecular formula is C22H44O2S. The maximum absolute atomic E-state index is 12.3. The fourth-order valence-electron chi connectivity index (χ4n) is 3.97. The maximum atomic E-state index is 12.3. The van der Waals surface area contributed by atoms with Crippen LogP contribution < -0.4 is 0 Å². The minimum atomic E-state index is -0.803. The van der Waals surface area contributed by atoms with Crippen molar-refractivity contribution in [1.82, 2.24) is 0 Å². The number of rotatable bonds is 16. The summed E-state index contributed by atoms with van der Waals surface area (Å²) in [5.74, 6) is 0.805. The van der Waals surface area contributed by atoms with Crippen LogP contribution in [0.3, 0.4) is 0 Å². The molecule has 0 aliphatic heterocycles. The van der Waals surface area contributed by atoms with Gasteiger partial charge in [-0.2, -0.15) is 0 Å².